The van der Waals surface area contributed by atoms with E-state index in [9.17, 15) is 14.0 Å². The number of rotatable bonds is 4. The van der Waals surface area contributed by atoms with E-state index in [1.165, 1.54) is 6.07 Å². The second-order valence-corrected chi connectivity index (χ2v) is 7.63. The zero-order valence-corrected chi connectivity index (χ0v) is 15.1. The molecule has 4 rings (SSSR count). The van der Waals surface area contributed by atoms with Gasteiger partial charge in [-0.15, -0.1) is 0 Å². The Labute approximate surface area is 157 Å². The fraction of sp³-hybridized carbons (Fsp3) is 0.429. The first kappa shape index (κ1) is 17.8. The SMILES string of the molecule is O=C(C[C@H]1CCC[C@]2(CCN(c3ccc(F)cn3)C2=O)C1)c1ccccn1. The summed E-state index contributed by atoms with van der Waals surface area (Å²) in [5.41, 5.74) is 0.0793. The summed E-state index contributed by atoms with van der Waals surface area (Å²) in [6.45, 7) is 0.596. The predicted octanol–water partition coefficient (Wildman–Crippen LogP) is 3.80. The number of ketones is 1. The molecule has 1 saturated carbocycles. The molecule has 1 spiro atoms. The summed E-state index contributed by atoms with van der Waals surface area (Å²) in [7, 11) is 0. The smallest absolute Gasteiger partial charge is 0.234 e. The summed E-state index contributed by atoms with van der Waals surface area (Å²) < 4.78 is 13.1. The second-order valence-electron chi connectivity index (χ2n) is 7.63. The lowest BCUT2D eigenvalue weighted by molar-refractivity contribution is -0.128. The minimum absolute atomic E-state index is 0.0418. The van der Waals surface area contributed by atoms with Gasteiger partial charge in [0.05, 0.1) is 11.6 Å². The van der Waals surface area contributed by atoms with Gasteiger partial charge in [-0.1, -0.05) is 12.5 Å². The highest BCUT2D eigenvalue weighted by Gasteiger charge is 2.49. The fourth-order valence-electron chi connectivity index (χ4n) is 4.54. The Morgan fingerprint density at radius 1 is 1.22 bits per heavy atom. The van der Waals surface area contributed by atoms with E-state index in [1.807, 2.05) is 6.07 Å². The third-order valence-corrected chi connectivity index (χ3v) is 5.87. The highest BCUT2D eigenvalue weighted by molar-refractivity contribution is 5.99. The van der Waals surface area contributed by atoms with Gasteiger partial charge in [-0.25, -0.2) is 9.37 Å². The standard InChI is InChI=1S/C21H22FN3O2/c22-16-6-7-19(24-14-16)25-11-9-21(20(25)27)8-3-4-15(13-21)12-18(26)17-5-1-2-10-23-17/h1-2,5-7,10,14-15H,3-4,8-9,11-13H2/t15-,21+/m1/s1. The highest BCUT2D eigenvalue weighted by atomic mass is 19.1. The Morgan fingerprint density at radius 3 is 2.85 bits per heavy atom. The van der Waals surface area contributed by atoms with Crippen molar-refractivity contribution in [3.63, 3.8) is 0 Å². The van der Waals surface area contributed by atoms with Gasteiger partial charge in [-0.3, -0.25) is 19.5 Å². The zero-order valence-electron chi connectivity index (χ0n) is 15.1. The molecule has 2 aromatic heterocycles. The van der Waals surface area contributed by atoms with Crippen LogP contribution in [-0.2, 0) is 4.79 Å². The molecule has 3 heterocycles. The van der Waals surface area contributed by atoms with E-state index in [-0.39, 0.29) is 17.6 Å². The summed E-state index contributed by atoms with van der Waals surface area (Å²) in [5.74, 6) is 0.394. The predicted molar refractivity (Wildman–Crippen MR) is 98.7 cm³/mol. The van der Waals surface area contributed by atoms with Crippen LogP contribution in [0, 0.1) is 17.2 Å². The number of hydrogen-bond donors (Lipinski definition) is 0. The number of amides is 1. The molecule has 2 fully saturated rings. The topological polar surface area (TPSA) is 63.2 Å². The number of Topliss-reactive ketones (excluding diaryl/α,β-unsaturated/α-hetero) is 1. The lowest BCUT2D eigenvalue weighted by Crippen LogP contribution is -2.39. The fourth-order valence-corrected chi connectivity index (χ4v) is 4.54. The van der Waals surface area contributed by atoms with Crippen LogP contribution in [0.15, 0.2) is 42.7 Å². The number of carbonyl (C=O) groups excluding carboxylic acids is 2. The summed E-state index contributed by atoms with van der Waals surface area (Å²) >= 11 is 0. The van der Waals surface area contributed by atoms with Gasteiger partial charge in [-0.2, -0.15) is 0 Å². The molecule has 27 heavy (non-hydrogen) atoms. The molecule has 140 valence electrons. The number of halogens is 1. The molecule has 6 heteroatoms. The number of hydrogen-bond acceptors (Lipinski definition) is 4. The van der Waals surface area contributed by atoms with Crippen LogP contribution in [0.5, 0.6) is 0 Å². The second kappa shape index (κ2) is 7.18. The van der Waals surface area contributed by atoms with Gasteiger partial charge in [0.15, 0.2) is 5.78 Å². The Morgan fingerprint density at radius 2 is 2.11 bits per heavy atom. The minimum atomic E-state index is -0.413. The minimum Gasteiger partial charge on any atom is -0.296 e. The molecule has 5 nitrogen and oxygen atoms in total. The van der Waals surface area contributed by atoms with Crippen molar-refractivity contribution in [3.8, 4) is 0 Å². The molecule has 0 N–H and O–H groups in total. The number of aromatic nitrogens is 2. The monoisotopic (exact) mass is 367 g/mol. The van der Waals surface area contributed by atoms with Gasteiger partial charge in [0.1, 0.15) is 17.3 Å². The molecular formula is C21H22FN3O2. The Hall–Kier alpha value is -2.63. The Kier molecular flexibility index (Phi) is 4.72. The van der Waals surface area contributed by atoms with Crippen LogP contribution in [0.3, 0.4) is 0 Å². The van der Waals surface area contributed by atoms with Crippen LogP contribution >= 0.6 is 0 Å². The van der Waals surface area contributed by atoms with Crippen LogP contribution in [0.2, 0.25) is 0 Å². The summed E-state index contributed by atoms with van der Waals surface area (Å²) in [6.07, 6.45) is 7.44. The third-order valence-electron chi connectivity index (χ3n) is 5.87. The molecule has 1 aliphatic heterocycles. The van der Waals surface area contributed by atoms with E-state index in [0.717, 1.165) is 38.3 Å². The van der Waals surface area contributed by atoms with Gasteiger partial charge in [-0.05, 0) is 55.9 Å². The molecule has 2 aliphatic rings. The average molecular weight is 367 g/mol. The van der Waals surface area contributed by atoms with Crippen LogP contribution in [0.25, 0.3) is 0 Å². The van der Waals surface area contributed by atoms with Crippen LogP contribution in [0.4, 0.5) is 10.2 Å². The maximum absolute atomic E-state index is 13.2. The molecule has 1 aliphatic carbocycles. The van der Waals surface area contributed by atoms with Gasteiger partial charge in [0, 0.05) is 19.2 Å². The Balaban J connectivity index is 1.46. The van der Waals surface area contributed by atoms with Crippen molar-refractivity contribution in [2.75, 3.05) is 11.4 Å². The van der Waals surface area contributed by atoms with Crippen molar-refractivity contribution in [1.82, 2.24) is 9.97 Å². The maximum Gasteiger partial charge on any atom is 0.234 e. The molecule has 1 saturated heterocycles. The van der Waals surface area contributed by atoms with E-state index in [0.29, 0.717) is 24.5 Å². The van der Waals surface area contributed by atoms with E-state index in [1.54, 1.807) is 29.3 Å². The maximum atomic E-state index is 13.2. The van der Waals surface area contributed by atoms with Gasteiger partial charge < -0.3 is 0 Å². The van der Waals surface area contributed by atoms with Crippen molar-refractivity contribution in [1.29, 1.82) is 0 Å². The van der Waals surface area contributed by atoms with Crippen molar-refractivity contribution in [3.05, 3.63) is 54.2 Å². The van der Waals surface area contributed by atoms with E-state index >= 15 is 0 Å². The van der Waals surface area contributed by atoms with Gasteiger partial charge in [0.25, 0.3) is 0 Å². The first-order chi connectivity index (χ1) is 13.1. The molecular weight excluding hydrogens is 345 g/mol. The third kappa shape index (κ3) is 3.48. The van der Waals surface area contributed by atoms with Crippen LogP contribution in [-0.4, -0.2) is 28.2 Å². The lowest BCUT2D eigenvalue weighted by Gasteiger charge is -2.36. The summed E-state index contributed by atoms with van der Waals surface area (Å²) in [4.78, 5) is 35.6. The largest absolute Gasteiger partial charge is 0.296 e. The number of anilines is 1. The van der Waals surface area contributed by atoms with Crippen molar-refractivity contribution < 1.29 is 14.0 Å². The van der Waals surface area contributed by atoms with E-state index in [2.05, 4.69) is 9.97 Å². The number of carbonyl (C=O) groups is 2. The van der Waals surface area contributed by atoms with Gasteiger partial charge >= 0.3 is 0 Å². The van der Waals surface area contributed by atoms with Crippen LogP contribution < -0.4 is 4.90 Å². The van der Waals surface area contributed by atoms with Gasteiger partial charge in [0.2, 0.25) is 5.91 Å². The van der Waals surface area contributed by atoms with Crippen molar-refractivity contribution in [2.45, 2.75) is 38.5 Å². The number of nitrogens with zero attached hydrogens (tertiary/aromatic N) is 3. The normalized spacial score (nSPS) is 25.1. The number of pyridine rings is 2. The summed E-state index contributed by atoms with van der Waals surface area (Å²) in [5, 5.41) is 0. The molecule has 2 atom stereocenters. The van der Waals surface area contributed by atoms with E-state index < -0.39 is 11.2 Å². The molecule has 0 bridgehead atoms. The quantitative estimate of drug-likeness (QED) is 0.771. The lowest BCUT2D eigenvalue weighted by atomic mass is 9.67. The molecule has 0 unspecified atom stereocenters. The molecule has 0 radical (unpaired) electrons. The first-order valence-corrected chi connectivity index (χ1v) is 9.45. The van der Waals surface area contributed by atoms with Crippen LogP contribution in [0.1, 0.15) is 49.0 Å². The molecule has 1 amide bonds. The highest BCUT2D eigenvalue weighted by Crippen LogP contribution is 2.48. The molecule has 2 aromatic rings. The average Bonchev–Trinajstić information content (AvgIpc) is 2.99. The molecule has 0 aromatic carbocycles. The zero-order chi connectivity index (χ0) is 18.9. The Bertz CT molecular complexity index is 840. The summed E-state index contributed by atoms with van der Waals surface area (Å²) in [6, 6.07) is 8.23. The van der Waals surface area contributed by atoms with E-state index in [4.69, 9.17) is 0 Å². The van der Waals surface area contributed by atoms with Crippen molar-refractivity contribution >= 4 is 17.5 Å². The first-order valence-electron chi connectivity index (χ1n) is 9.45. The van der Waals surface area contributed by atoms with Crippen molar-refractivity contribution in [2.24, 2.45) is 11.3 Å².